The molecule has 0 radical (unpaired) electrons. The van der Waals surface area contributed by atoms with Crippen LogP contribution in [0.25, 0.3) is 43.5 Å². The Balaban J connectivity index is 1.51. The number of fused-ring (bicyclic) bond motifs is 2. The second-order valence-electron chi connectivity index (χ2n) is 8.14. The van der Waals surface area contributed by atoms with Crippen LogP contribution >= 0.6 is 11.3 Å². The van der Waals surface area contributed by atoms with Crippen LogP contribution in [0.3, 0.4) is 0 Å². The molecule has 7 heteroatoms. The molecule has 0 unspecified atom stereocenters. The molecule has 0 atom stereocenters. The van der Waals surface area contributed by atoms with E-state index in [0.717, 1.165) is 32.6 Å². The normalized spacial score (nSPS) is 11.8. The number of benzene rings is 4. The number of methoxy groups -OCH3 is 1. The zero-order valence-electron chi connectivity index (χ0n) is 18.8. The summed E-state index contributed by atoms with van der Waals surface area (Å²) >= 11 is 1.54. The third-order valence-corrected chi connectivity index (χ3v) is 8.63. The van der Waals surface area contributed by atoms with Crippen molar-refractivity contribution >= 4 is 43.0 Å². The highest BCUT2D eigenvalue weighted by Crippen LogP contribution is 2.37. The molecule has 0 saturated heterocycles. The lowest BCUT2D eigenvalue weighted by molar-refractivity contribution is 0.415. The van der Waals surface area contributed by atoms with Crippen LogP contribution in [0.2, 0.25) is 0 Å². The van der Waals surface area contributed by atoms with Crippen LogP contribution in [0.4, 0.5) is 0 Å². The van der Waals surface area contributed by atoms with Gasteiger partial charge in [-0.2, -0.15) is 0 Å². The van der Waals surface area contributed by atoms with Crippen LogP contribution in [0.5, 0.6) is 5.75 Å². The molecule has 35 heavy (non-hydrogen) atoms. The zero-order chi connectivity index (χ0) is 24.0. The Kier molecular flexibility index (Phi) is 5.16. The Morgan fingerprint density at radius 1 is 0.857 bits per heavy atom. The molecule has 0 aliphatic carbocycles. The molecule has 2 aromatic heterocycles. The van der Waals surface area contributed by atoms with Gasteiger partial charge in [0.15, 0.2) is 0 Å². The molecule has 2 heterocycles. The second-order valence-corrected chi connectivity index (χ2v) is 10.8. The summed E-state index contributed by atoms with van der Waals surface area (Å²) in [5, 5.41) is 5.93. The second kappa shape index (κ2) is 8.37. The van der Waals surface area contributed by atoms with E-state index in [9.17, 15) is 8.42 Å². The van der Waals surface area contributed by atoms with Gasteiger partial charge < -0.3 is 4.74 Å². The molecule has 0 aliphatic heterocycles. The molecule has 0 spiro atoms. The molecule has 0 saturated carbocycles. The third-order valence-electron chi connectivity index (χ3n) is 6.05. The van der Waals surface area contributed by atoms with Crippen molar-refractivity contribution in [2.75, 3.05) is 7.11 Å². The number of aromatic nitrogens is 2. The number of thiazole rings is 1. The first kappa shape index (κ1) is 21.6. The van der Waals surface area contributed by atoms with E-state index in [1.165, 1.54) is 20.7 Å². The van der Waals surface area contributed by atoms with Crippen molar-refractivity contribution in [1.82, 2.24) is 8.96 Å². The van der Waals surface area contributed by atoms with E-state index >= 15 is 0 Å². The van der Waals surface area contributed by atoms with Gasteiger partial charge in [0.25, 0.3) is 10.0 Å². The van der Waals surface area contributed by atoms with Gasteiger partial charge >= 0.3 is 0 Å². The minimum absolute atomic E-state index is 0.231. The maximum absolute atomic E-state index is 13.5. The summed E-state index contributed by atoms with van der Waals surface area (Å²) in [6.07, 6.45) is 1.66. The van der Waals surface area contributed by atoms with Gasteiger partial charge in [0.2, 0.25) is 0 Å². The van der Waals surface area contributed by atoms with Crippen LogP contribution in [-0.4, -0.2) is 24.5 Å². The highest BCUT2D eigenvalue weighted by atomic mass is 32.2. The largest absolute Gasteiger partial charge is 0.497 e. The molecule has 0 aliphatic rings. The van der Waals surface area contributed by atoms with Crippen LogP contribution < -0.4 is 4.74 Å². The van der Waals surface area contributed by atoms with E-state index in [0.29, 0.717) is 11.3 Å². The SMILES string of the molecule is COc1ccc2c(c1)c(-c1csc(-c3ccc4ccccc4c3)n1)cn2S(=O)(=O)c1ccccc1. The number of hydrogen-bond acceptors (Lipinski definition) is 5. The number of ether oxygens (including phenoxy) is 1. The van der Waals surface area contributed by atoms with E-state index in [2.05, 4.69) is 30.3 Å². The average Bonchev–Trinajstić information content (AvgIpc) is 3.54. The fraction of sp³-hybridized carbons (Fsp3) is 0.0357. The third kappa shape index (κ3) is 3.69. The summed E-state index contributed by atoms with van der Waals surface area (Å²) in [4.78, 5) is 5.13. The van der Waals surface area contributed by atoms with Gasteiger partial charge in [0.1, 0.15) is 10.8 Å². The van der Waals surface area contributed by atoms with Crippen molar-refractivity contribution in [2.24, 2.45) is 0 Å². The van der Waals surface area contributed by atoms with Gasteiger partial charge in [-0.15, -0.1) is 11.3 Å². The molecule has 0 N–H and O–H groups in total. The lowest BCUT2D eigenvalue weighted by Gasteiger charge is -2.07. The predicted octanol–water partition coefficient (Wildman–Crippen LogP) is 6.83. The summed E-state index contributed by atoms with van der Waals surface area (Å²) < 4.78 is 33.8. The van der Waals surface area contributed by atoms with E-state index < -0.39 is 10.0 Å². The van der Waals surface area contributed by atoms with Crippen molar-refractivity contribution in [3.05, 3.63) is 103 Å². The summed E-state index contributed by atoms with van der Waals surface area (Å²) in [5.41, 5.74) is 3.06. The highest BCUT2D eigenvalue weighted by Gasteiger charge is 2.23. The Morgan fingerprint density at radius 2 is 1.63 bits per heavy atom. The number of rotatable bonds is 5. The Morgan fingerprint density at radius 3 is 2.43 bits per heavy atom. The van der Waals surface area contributed by atoms with Crippen LogP contribution in [0.1, 0.15) is 0 Å². The summed E-state index contributed by atoms with van der Waals surface area (Å²) in [6, 6.07) is 28.3. The Bertz CT molecular complexity index is 1800. The van der Waals surface area contributed by atoms with Gasteiger partial charge in [0.05, 0.1) is 23.2 Å². The van der Waals surface area contributed by atoms with Crippen LogP contribution in [0.15, 0.2) is 107 Å². The number of nitrogens with zero attached hydrogens (tertiary/aromatic N) is 2. The lowest BCUT2D eigenvalue weighted by Crippen LogP contribution is -2.11. The van der Waals surface area contributed by atoms with E-state index in [4.69, 9.17) is 9.72 Å². The van der Waals surface area contributed by atoms with Crippen molar-refractivity contribution in [2.45, 2.75) is 4.90 Å². The van der Waals surface area contributed by atoms with Gasteiger partial charge in [-0.25, -0.2) is 17.4 Å². The smallest absolute Gasteiger partial charge is 0.268 e. The molecule has 0 amide bonds. The monoisotopic (exact) mass is 496 g/mol. The average molecular weight is 497 g/mol. The molecule has 6 rings (SSSR count). The Hall–Kier alpha value is -3.94. The summed E-state index contributed by atoms with van der Waals surface area (Å²) in [5.74, 6) is 0.651. The van der Waals surface area contributed by atoms with Crippen LogP contribution in [0, 0.1) is 0 Å². The van der Waals surface area contributed by atoms with Gasteiger partial charge in [-0.05, 0) is 47.2 Å². The molecule has 5 nitrogen and oxygen atoms in total. The zero-order valence-corrected chi connectivity index (χ0v) is 20.4. The molecule has 172 valence electrons. The Labute approximate surface area is 206 Å². The fourth-order valence-electron chi connectivity index (χ4n) is 4.27. The van der Waals surface area contributed by atoms with Crippen molar-refractivity contribution in [3.63, 3.8) is 0 Å². The first-order chi connectivity index (χ1) is 17.0. The molecular formula is C28H20N2O3S2. The lowest BCUT2D eigenvalue weighted by atomic mass is 10.1. The first-order valence-electron chi connectivity index (χ1n) is 11.0. The minimum Gasteiger partial charge on any atom is -0.497 e. The maximum Gasteiger partial charge on any atom is 0.268 e. The first-order valence-corrected chi connectivity index (χ1v) is 13.3. The standard InChI is InChI=1S/C28H20N2O3S2/c1-33-22-13-14-27-24(16-22)25(17-30(27)35(31,32)23-9-3-2-4-10-23)26-18-34-28(29-26)21-12-11-19-7-5-6-8-20(19)15-21/h2-18H,1H3. The maximum atomic E-state index is 13.5. The number of hydrogen-bond donors (Lipinski definition) is 0. The van der Waals surface area contributed by atoms with E-state index in [1.54, 1.807) is 55.8 Å². The van der Waals surface area contributed by atoms with E-state index in [1.807, 2.05) is 23.6 Å². The molecule has 6 aromatic rings. The van der Waals surface area contributed by atoms with Crippen molar-refractivity contribution < 1.29 is 13.2 Å². The van der Waals surface area contributed by atoms with Crippen molar-refractivity contribution in [1.29, 1.82) is 0 Å². The topological polar surface area (TPSA) is 61.2 Å². The van der Waals surface area contributed by atoms with Gasteiger partial charge in [-0.3, -0.25) is 0 Å². The van der Waals surface area contributed by atoms with Crippen LogP contribution in [-0.2, 0) is 10.0 Å². The molecule has 0 bridgehead atoms. The van der Waals surface area contributed by atoms with Crippen molar-refractivity contribution in [3.8, 4) is 27.6 Å². The van der Waals surface area contributed by atoms with E-state index in [-0.39, 0.29) is 4.90 Å². The van der Waals surface area contributed by atoms with Gasteiger partial charge in [0, 0.05) is 28.1 Å². The minimum atomic E-state index is -3.79. The summed E-state index contributed by atoms with van der Waals surface area (Å²) in [6.45, 7) is 0. The fourth-order valence-corrected chi connectivity index (χ4v) is 6.48. The molecule has 0 fully saturated rings. The molecular weight excluding hydrogens is 476 g/mol. The van der Waals surface area contributed by atoms with Gasteiger partial charge in [-0.1, -0.05) is 54.6 Å². The highest BCUT2D eigenvalue weighted by molar-refractivity contribution is 7.90. The predicted molar refractivity (Wildman–Crippen MR) is 142 cm³/mol. The molecule has 4 aromatic carbocycles. The quantitative estimate of drug-likeness (QED) is 0.262. The summed E-state index contributed by atoms with van der Waals surface area (Å²) in [7, 11) is -2.19.